The Hall–Kier alpha value is -0.790. The zero-order valence-corrected chi connectivity index (χ0v) is 8.14. The Labute approximate surface area is 79.0 Å². The van der Waals surface area contributed by atoms with Crippen LogP contribution < -0.4 is 0 Å². The van der Waals surface area contributed by atoms with Crippen molar-refractivity contribution in [1.29, 1.82) is 0 Å². The molecule has 0 aromatic carbocycles. The van der Waals surface area contributed by atoms with Crippen LogP contribution in [0.2, 0.25) is 0 Å². The molecule has 13 heavy (non-hydrogen) atoms. The van der Waals surface area contributed by atoms with Crippen LogP contribution in [0.4, 0.5) is 0 Å². The van der Waals surface area contributed by atoms with Crippen LogP contribution in [0.15, 0.2) is 12.2 Å². The van der Waals surface area contributed by atoms with Crippen molar-refractivity contribution in [1.82, 2.24) is 0 Å². The van der Waals surface area contributed by atoms with Gasteiger partial charge in [-0.05, 0) is 25.3 Å². The van der Waals surface area contributed by atoms with E-state index in [2.05, 4.69) is 6.58 Å². The maximum Gasteiger partial charge on any atom is 0.312 e. The molecule has 1 spiro atoms. The maximum absolute atomic E-state index is 11.6. The monoisotopic (exact) mass is 180 g/mol. The van der Waals surface area contributed by atoms with E-state index in [1.54, 1.807) is 0 Å². The average Bonchev–Trinajstić information content (AvgIpc) is 2.63. The zero-order chi connectivity index (χ0) is 9.47. The molecular weight excluding hydrogens is 164 g/mol. The maximum atomic E-state index is 11.6. The Morgan fingerprint density at radius 1 is 1.54 bits per heavy atom. The summed E-state index contributed by atoms with van der Waals surface area (Å²) < 4.78 is 5.32. The van der Waals surface area contributed by atoms with Crippen LogP contribution in [0.1, 0.15) is 39.0 Å². The SMILES string of the molecule is C=C(C)C1CC2(CCCC2)C(=O)O1. The molecule has 2 rings (SSSR count). The van der Waals surface area contributed by atoms with Gasteiger partial charge in [-0.15, -0.1) is 0 Å². The van der Waals surface area contributed by atoms with Crippen molar-refractivity contribution < 1.29 is 9.53 Å². The second-order valence-electron chi connectivity index (χ2n) is 4.43. The van der Waals surface area contributed by atoms with Gasteiger partial charge in [0.15, 0.2) is 0 Å². The summed E-state index contributed by atoms with van der Waals surface area (Å²) in [6, 6.07) is 0. The number of rotatable bonds is 1. The van der Waals surface area contributed by atoms with E-state index in [1.807, 2.05) is 6.92 Å². The quantitative estimate of drug-likeness (QED) is 0.457. The summed E-state index contributed by atoms with van der Waals surface area (Å²) in [5.41, 5.74) is 0.862. The fourth-order valence-corrected chi connectivity index (χ4v) is 2.47. The summed E-state index contributed by atoms with van der Waals surface area (Å²) in [5, 5.41) is 0. The molecular formula is C11H16O2. The van der Waals surface area contributed by atoms with Crippen LogP contribution in [0.5, 0.6) is 0 Å². The standard InChI is InChI=1S/C11H16O2/c1-8(2)9-7-11(10(12)13-9)5-3-4-6-11/h9H,1,3-7H2,2H3. The highest BCUT2D eigenvalue weighted by molar-refractivity contribution is 5.79. The molecule has 2 fully saturated rings. The first-order valence-corrected chi connectivity index (χ1v) is 5.01. The van der Waals surface area contributed by atoms with E-state index >= 15 is 0 Å². The van der Waals surface area contributed by atoms with Gasteiger partial charge >= 0.3 is 5.97 Å². The molecule has 0 radical (unpaired) electrons. The summed E-state index contributed by atoms with van der Waals surface area (Å²) in [7, 11) is 0. The topological polar surface area (TPSA) is 26.3 Å². The second kappa shape index (κ2) is 2.86. The number of ether oxygens (including phenoxy) is 1. The molecule has 2 heteroatoms. The van der Waals surface area contributed by atoms with Gasteiger partial charge in [-0.2, -0.15) is 0 Å². The second-order valence-corrected chi connectivity index (χ2v) is 4.43. The lowest BCUT2D eigenvalue weighted by Crippen LogP contribution is -2.21. The third kappa shape index (κ3) is 1.28. The fraction of sp³-hybridized carbons (Fsp3) is 0.727. The van der Waals surface area contributed by atoms with Crippen LogP contribution in [0.3, 0.4) is 0 Å². The highest BCUT2D eigenvalue weighted by Crippen LogP contribution is 2.48. The van der Waals surface area contributed by atoms with Gasteiger partial charge in [0, 0.05) is 6.42 Å². The van der Waals surface area contributed by atoms with Crippen molar-refractivity contribution >= 4 is 5.97 Å². The van der Waals surface area contributed by atoms with E-state index in [-0.39, 0.29) is 17.5 Å². The third-order valence-electron chi connectivity index (χ3n) is 3.37. The largest absolute Gasteiger partial charge is 0.457 e. The zero-order valence-electron chi connectivity index (χ0n) is 8.14. The van der Waals surface area contributed by atoms with Crippen LogP contribution in [-0.2, 0) is 9.53 Å². The van der Waals surface area contributed by atoms with Crippen molar-refractivity contribution in [2.75, 3.05) is 0 Å². The van der Waals surface area contributed by atoms with Crippen LogP contribution in [-0.4, -0.2) is 12.1 Å². The first kappa shape index (κ1) is 8.79. The molecule has 0 bridgehead atoms. The Morgan fingerprint density at radius 2 is 2.15 bits per heavy atom. The summed E-state index contributed by atoms with van der Waals surface area (Å²) in [5.74, 6) is 0.0259. The predicted octanol–water partition coefficient (Wildman–Crippen LogP) is 2.44. The molecule has 0 N–H and O–H groups in total. The molecule has 1 aliphatic heterocycles. The lowest BCUT2D eigenvalue weighted by atomic mass is 9.82. The minimum Gasteiger partial charge on any atom is -0.457 e. The fourth-order valence-electron chi connectivity index (χ4n) is 2.47. The van der Waals surface area contributed by atoms with Gasteiger partial charge < -0.3 is 4.74 Å². The summed E-state index contributed by atoms with van der Waals surface area (Å²) >= 11 is 0. The molecule has 0 aromatic heterocycles. The Bertz CT molecular complexity index is 249. The Kier molecular flexibility index (Phi) is 1.94. The lowest BCUT2D eigenvalue weighted by molar-refractivity contribution is -0.147. The van der Waals surface area contributed by atoms with E-state index in [1.165, 1.54) is 12.8 Å². The summed E-state index contributed by atoms with van der Waals surface area (Å²) in [4.78, 5) is 11.6. The van der Waals surface area contributed by atoms with Crippen molar-refractivity contribution in [3.8, 4) is 0 Å². The molecule has 0 amide bonds. The highest BCUT2D eigenvalue weighted by atomic mass is 16.6. The van der Waals surface area contributed by atoms with Gasteiger partial charge in [0.25, 0.3) is 0 Å². The summed E-state index contributed by atoms with van der Waals surface area (Å²) in [6.45, 7) is 5.79. The number of carbonyl (C=O) groups is 1. The normalized spacial score (nSPS) is 30.8. The Morgan fingerprint density at radius 3 is 2.62 bits per heavy atom. The molecule has 1 heterocycles. The van der Waals surface area contributed by atoms with Crippen LogP contribution in [0, 0.1) is 5.41 Å². The molecule has 72 valence electrons. The third-order valence-corrected chi connectivity index (χ3v) is 3.37. The van der Waals surface area contributed by atoms with Gasteiger partial charge in [-0.1, -0.05) is 19.4 Å². The molecule has 1 saturated carbocycles. The van der Waals surface area contributed by atoms with Gasteiger partial charge in [-0.25, -0.2) is 0 Å². The number of hydrogen-bond donors (Lipinski definition) is 0. The van der Waals surface area contributed by atoms with Gasteiger partial charge in [0.2, 0.25) is 0 Å². The van der Waals surface area contributed by atoms with Gasteiger partial charge in [0.1, 0.15) is 6.10 Å². The van der Waals surface area contributed by atoms with Crippen molar-refractivity contribution in [2.45, 2.75) is 45.1 Å². The molecule has 1 unspecified atom stereocenters. The van der Waals surface area contributed by atoms with E-state index in [0.717, 1.165) is 24.8 Å². The summed E-state index contributed by atoms with van der Waals surface area (Å²) in [6.07, 6.45) is 5.27. The van der Waals surface area contributed by atoms with E-state index in [9.17, 15) is 4.79 Å². The number of cyclic esters (lactones) is 1. The number of carbonyl (C=O) groups excluding carboxylic acids is 1. The molecule has 2 aliphatic rings. The molecule has 1 saturated heterocycles. The van der Waals surface area contributed by atoms with Crippen molar-refractivity contribution in [3.05, 3.63) is 12.2 Å². The first-order chi connectivity index (χ1) is 6.14. The van der Waals surface area contributed by atoms with Gasteiger partial charge in [0.05, 0.1) is 5.41 Å². The predicted molar refractivity (Wildman–Crippen MR) is 50.2 cm³/mol. The lowest BCUT2D eigenvalue weighted by Gasteiger charge is -2.15. The van der Waals surface area contributed by atoms with E-state index < -0.39 is 0 Å². The molecule has 1 aliphatic carbocycles. The molecule has 2 nitrogen and oxygen atoms in total. The van der Waals surface area contributed by atoms with E-state index in [4.69, 9.17) is 4.74 Å². The smallest absolute Gasteiger partial charge is 0.312 e. The number of esters is 1. The average molecular weight is 180 g/mol. The first-order valence-electron chi connectivity index (χ1n) is 5.01. The molecule has 0 aromatic rings. The van der Waals surface area contributed by atoms with E-state index in [0.29, 0.717) is 0 Å². The molecule has 1 atom stereocenters. The minimum atomic E-state index is -0.121. The van der Waals surface area contributed by atoms with Crippen molar-refractivity contribution in [2.24, 2.45) is 5.41 Å². The van der Waals surface area contributed by atoms with Crippen LogP contribution in [0.25, 0.3) is 0 Å². The van der Waals surface area contributed by atoms with Gasteiger partial charge in [-0.3, -0.25) is 4.79 Å². The minimum absolute atomic E-state index is 0.00870. The van der Waals surface area contributed by atoms with Crippen molar-refractivity contribution in [3.63, 3.8) is 0 Å². The Balaban J connectivity index is 2.15. The number of hydrogen-bond acceptors (Lipinski definition) is 2. The highest BCUT2D eigenvalue weighted by Gasteiger charge is 2.50. The van der Waals surface area contributed by atoms with Crippen LogP contribution >= 0.6 is 0 Å².